The second kappa shape index (κ2) is 6.18. The first-order valence-corrected chi connectivity index (χ1v) is 8.18. The highest BCUT2D eigenvalue weighted by molar-refractivity contribution is 5.79. The topological polar surface area (TPSA) is 49.3 Å². The van der Waals surface area contributed by atoms with Crippen LogP contribution in [0.3, 0.4) is 0 Å². The molecule has 2 aliphatic rings. The van der Waals surface area contributed by atoms with Crippen LogP contribution in [0.2, 0.25) is 0 Å². The molecule has 0 radical (unpaired) electrons. The van der Waals surface area contributed by atoms with E-state index in [2.05, 4.69) is 29.6 Å². The molecule has 2 unspecified atom stereocenters. The molecule has 1 aromatic carbocycles. The van der Waals surface area contributed by atoms with Gasteiger partial charge in [0.25, 0.3) is 0 Å². The molecular formula is C18H25NO2. The van der Waals surface area contributed by atoms with Crippen LogP contribution in [-0.2, 0) is 11.2 Å². The van der Waals surface area contributed by atoms with E-state index in [9.17, 15) is 9.90 Å². The van der Waals surface area contributed by atoms with Crippen LogP contribution in [0.15, 0.2) is 30.3 Å². The van der Waals surface area contributed by atoms with Crippen molar-refractivity contribution in [1.82, 2.24) is 5.32 Å². The zero-order chi connectivity index (χ0) is 14.7. The SMILES string of the molecule is O=C(NCC1(Cc2ccccc2)CCC1)C1CCCC1O. The van der Waals surface area contributed by atoms with Gasteiger partial charge in [-0.3, -0.25) is 4.79 Å². The minimum absolute atomic E-state index is 0.0549. The minimum atomic E-state index is -0.434. The number of carbonyl (C=O) groups is 1. The van der Waals surface area contributed by atoms with E-state index < -0.39 is 6.10 Å². The van der Waals surface area contributed by atoms with Crippen LogP contribution in [0, 0.1) is 11.3 Å². The normalized spacial score (nSPS) is 27.1. The maximum absolute atomic E-state index is 12.2. The third kappa shape index (κ3) is 3.29. The molecule has 2 N–H and O–H groups in total. The lowest BCUT2D eigenvalue weighted by molar-refractivity contribution is -0.128. The van der Waals surface area contributed by atoms with E-state index in [1.54, 1.807) is 0 Å². The van der Waals surface area contributed by atoms with Crippen molar-refractivity contribution < 1.29 is 9.90 Å². The molecule has 3 nitrogen and oxygen atoms in total. The molecule has 0 bridgehead atoms. The lowest BCUT2D eigenvalue weighted by Crippen LogP contribution is -2.46. The second-order valence-corrected chi connectivity index (χ2v) is 6.84. The third-order valence-electron chi connectivity index (χ3n) is 5.29. The Labute approximate surface area is 126 Å². The molecule has 3 rings (SSSR count). The number of aliphatic hydroxyl groups is 1. The van der Waals surface area contributed by atoms with Gasteiger partial charge in [0, 0.05) is 6.54 Å². The first-order chi connectivity index (χ1) is 10.2. The number of hydrogen-bond acceptors (Lipinski definition) is 2. The molecule has 0 aliphatic heterocycles. The van der Waals surface area contributed by atoms with E-state index in [4.69, 9.17) is 0 Å². The van der Waals surface area contributed by atoms with E-state index in [0.29, 0.717) is 0 Å². The number of nitrogens with one attached hydrogen (secondary N) is 1. The number of rotatable bonds is 5. The van der Waals surface area contributed by atoms with Gasteiger partial charge in [0.2, 0.25) is 5.91 Å². The predicted molar refractivity (Wildman–Crippen MR) is 82.8 cm³/mol. The summed E-state index contributed by atoms with van der Waals surface area (Å²) in [6.07, 6.45) is 6.82. The average Bonchev–Trinajstić information content (AvgIpc) is 2.89. The van der Waals surface area contributed by atoms with Crippen molar-refractivity contribution >= 4 is 5.91 Å². The van der Waals surface area contributed by atoms with Crippen LogP contribution in [0.5, 0.6) is 0 Å². The molecule has 1 aromatic rings. The molecule has 0 heterocycles. The van der Waals surface area contributed by atoms with Crippen molar-refractivity contribution in [3.8, 4) is 0 Å². The van der Waals surface area contributed by atoms with Gasteiger partial charge in [0.15, 0.2) is 0 Å². The zero-order valence-corrected chi connectivity index (χ0v) is 12.6. The Morgan fingerprint density at radius 1 is 1.19 bits per heavy atom. The summed E-state index contributed by atoms with van der Waals surface area (Å²) >= 11 is 0. The molecule has 114 valence electrons. The number of amides is 1. The van der Waals surface area contributed by atoms with Gasteiger partial charge in [0.05, 0.1) is 12.0 Å². The second-order valence-electron chi connectivity index (χ2n) is 6.84. The highest BCUT2D eigenvalue weighted by Crippen LogP contribution is 2.43. The zero-order valence-electron chi connectivity index (χ0n) is 12.6. The van der Waals surface area contributed by atoms with Crippen molar-refractivity contribution in [2.45, 2.75) is 51.0 Å². The summed E-state index contributed by atoms with van der Waals surface area (Å²) in [4.78, 5) is 12.2. The summed E-state index contributed by atoms with van der Waals surface area (Å²) in [5, 5.41) is 13.0. The van der Waals surface area contributed by atoms with Crippen LogP contribution in [0.4, 0.5) is 0 Å². The fraction of sp³-hybridized carbons (Fsp3) is 0.611. The third-order valence-corrected chi connectivity index (χ3v) is 5.29. The molecular weight excluding hydrogens is 262 g/mol. The molecule has 3 heteroatoms. The Hall–Kier alpha value is -1.35. The van der Waals surface area contributed by atoms with Gasteiger partial charge in [-0.05, 0) is 49.5 Å². The highest BCUT2D eigenvalue weighted by Gasteiger charge is 2.38. The van der Waals surface area contributed by atoms with Crippen molar-refractivity contribution in [2.75, 3.05) is 6.54 Å². The smallest absolute Gasteiger partial charge is 0.225 e. The van der Waals surface area contributed by atoms with Crippen LogP contribution in [0.25, 0.3) is 0 Å². The van der Waals surface area contributed by atoms with Gasteiger partial charge in [-0.15, -0.1) is 0 Å². The van der Waals surface area contributed by atoms with E-state index >= 15 is 0 Å². The van der Waals surface area contributed by atoms with Crippen LogP contribution < -0.4 is 5.32 Å². The Bertz CT molecular complexity index is 481. The van der Waals surface area contributed by atoms with E-state index in [1.807, 2.05) is 6.07 Å². The van der Waals surface area contributed by atoms with Gasteiger partial charge in [-0.2, -0.15) is 0 Å². The fourth-order valence-electron chi connectivity index (χ4n) is 3.77. The molecule has 0 saturated heterocycles. The minimum Gasteiger partial charge on any atom is -0.392 e. The van der Waals surface area contributed by atoms with Crippen molar-refractivity contribution in [2.24, 2.45) is 11.3 Å². The summed E-state index contributed by atoms with van der Waals surface area (Å²) in [5.41, 5.74) is 1.59. The molecule has 2 fully saturated rings. The first kappa shape index (κ1) is 14.6. The maximum Gasteiger partial charge on any atom is 0.225 e. The van der Waals surface area contributed by atoms with Crippen molar-refractivity contribution in [3.05, 3.63) is 35.9 Å². The quantitative estimate of drug-likeness (QED) is 0.874. The van der Waals surface area contributed by atoms with E-state index in [-0.39, 0.29) is 17.2 Å². The predicted octanol–water partition coefficient (Wildman–Crippen LogP) is 2.68. The average molecular weight is 287 g/mol. The lowest BCUT2D eigenvalue weighted by atomic mass is 9.65. The first-order valence-electron chi connectivity index (χ1n) is 8.18. The fourth-order valence-corrected chi connectivity index (χ4v) is 3.77. The Morgan fingerprint density at radius 3 is 2.52 bits per heavy atom. The largest absolute Gasteiger partial charge is 0.392 e. The standard InChI is InChI=1S/C18H25NO2/c20-16-9-4-8-15(16)17(21)19-13-18(10-5-11-18)12-14-6-2-1-3-7-14/h1-3,6-7,15-16,20H,4-5,8-13H2,(H,19,21). The number of benzene rings is 1. The summed E-state index contributed by atoms with van der Waals surface area (Å²) < 4.78 is 0. The molecule has 2 aliphatic carbocycles. The summed E-state index contributed by atoms with van der Waals surface area (Å²) in [6, 6.07) is 10.5. The van der Waals surface area contributed by atoms with Crippen molar-refractivity contribution in [1.29, 1.82) is 0 Å². The van der Waals surface area contributed by atoms with Crippen LogP contribution in [-0.4, -0.2) is 23.7 Å². The van der Waals surface area contributed by atoms with Gasteiger partial charge < -0.3 is 10.4 Å². The van der Waals surface area contributed by atoms with Crippen LogP contribution in [0.1, 0.15) is 44.1 Å². The Morgan fingerprint density at radius 2 is 1.95 bits per heavy atom. The van der Waals surface area contributed by atoms with Crippen molar-refractivity contribution in [3.63, 3.8) is 0 Å². The van der Waals surface area contributed by atoms with E-state index in [0.717, 1.165) is 32.2 Å². The molecule has 2 atom stereocenters. The molecule has 21 heavy (non-hydrogen) atoms. The summed E-state index contributed by atoms with van der Waals surface area (Å²) in [6.45, 7) is 0.754. The number of carbonyl (C=O) groups excluding carboxylic acids is 1. The summed E-state index contributed by atoms with van der Waals surface area (Å²) in [7, 11) is 0. The summed E-state index contributed by atoms with van der Waals surface area (Å²) in [5.74, 6) is -0.127. The van der Waals surface area contributed by atoms with Gasteiger partial charge in [0.1, 0.15) is 0 Å². The number of aliphatic hydroxyl groups excluding tert-OH is 1. The Kier molecular flexibility index (Phi) is 4.29. The van der Waals surface area contributed by atoms with E-state index in [1.165, 1.54) is 24.8 Å². The molecule has 2 saturated carbocycles. The van der Waals surface area contributed by atoms with Gasteiger partial charge in [-0.25, -0.2) is 0 Å². The number of hydrogen-bond donors (Lipinski definition) is 2. The molecule has 1 amide bonds. The molecule has 0 spiro atoms. The molecule has 0 aromatic heterocycles. The maximum atomic E-state index is 12.2. The van der Waals surface area contributed by atoms with Gasteiger partial charge in [-0.1, -0.05) is 36.8 Å². The van der Waals surface area contributed by atoms with Crippen LogP contribution >= 0.6 is 0 Å². The lowest BCUT2D eigenvalue weighted by Gasteiger charge is -2.42. The van der Waals surface area contributed by atoms with Gasteiger partial charge >= 0.3 is 0 Å². The highest BCUT2D eigenvalue weighted by atomic mass is 16.3. The Balaban J connectivity index is 1.56. The monoisotopic (exact) mass is 287 g/mol.